The lowest BCUT2D eigenvalue weighted by molar-refractivity contribution is 0.198. The van der Waals surface area contributed by atoms with Crippen molar-refractivity contribution in [2.75, 3.05) is 29.9 Å². The number of hydrogen-bond acceptors (Lipinski definition) is 4. The summed E-state index contributed by atoms with van der Waals surface area (Å²) in [4.78, 5) is 11.3. The molecule has 20 heavy (non-hydrogen) atoms. The summed E-state index contributed by atoms with van der Waals surface area (Å²) in [5.41, 5.74) is 0.422. The van der Waals surface area contributed by atoms with Crippen LogP contribution in [0.3, 0.4) is 0 Å². The van der Waals surface area contributed by atoms with E-state index in [1.165, 1.54) is 12.8 Å². The third-order valence-corrected chi connectivity index (χ3v) is 4.22. The van der Waals surface area contributed by atoms with Gasteiger partial charge in [-0.25, -0.2) is 4.98 Å². The van der Waals surface area contributed by atoms with E-state index in [-0.39, 0.29) is 0 Å². The van der Waals surface area contributed by atoms with E-state index in [0.717, 1.165) is 43.7 Å². The maximum Gasteiger partial charge on any atom is 0.224 e. The Hall–Kier alpha value is -1.32. The maximum atomic E-state index is 4.62. The van der Waals surface area contributed by atoms with Crippen LogP contribution in [0, 0.1) is 11.3 Å². The molecule has 1 aliphatic rings. The van der Waals surface area contributed by atoms with Gasteiger partial charge in [0, 0.05) is 25.8 Å². The molecule has 0 atom stereocenters. The van der Waals surface area contributed by atoms with Crippen molar-refractivity contribution in [2.24, 2.45) is 11.3 Å². The molecule has 2 rings (SSSR count). The highest BCUT2D eigenvalue weighted by molar-refractivity contribution is 5.42. The molecule has 2 heterocycles. The molecular formula is C16H28N4. The molecule has 4 heteroatoms. The Kier molecular flexibility index (Phi) is 4.84. The standard InChI is InChI=1S/C16H28N4/c1-5-9-17-15-18-10-6-14(19-15)20-11-7-13(8-12-20)16(2,3)4/h6,10,13H,5,7-9,11-12H2,1-4H3,(H,17,18,19). The van der Waals surface area contributed by atoms with Gasteiger partial charge < -0.3 is 10.2 Å². The molecule has 4 nitrogen and oxygen atoms in total. The van der Waals surface area contributed by atoms with E-state index >= 15 is 0 Å². The second kappa shape index (κ2) is 6.42. The fourth-order valence-corrected chi connectivity index (χ4v) is 2.82. The Morgan fingerprint density at radius 1 is 1.30 bits per heavy atom. The summed E-state index contributed by atoms with van der Waals surface area (Å²) in [7, 11) is 0. The van der Waals surface area contributed by atoms with Gasteiger partial charge in [0.25, 0.3) is 0 Å². The first-order valence-electron chi connectivity index (χ1n) is 7.82. The molecular weight excluding hydrogens is 248 g/mol. The molecule has 0 saturated carbocycles. The highest BCUT2D eigenvalue weighted by Crippen LogP contribution is 2.35. The van der Waals surface area contributed by atoms with Gasteiger partial charge in [0.15, 0.2) is 0 Å². The van der Waals surface area contributed by atoms with E-state index in [0.29, 0.717) is 5.41 Å². The topological polar surface area (TPSA) is 41.1 Å². The van der Waals surface area contributed by atoms with E-state index in [2.05, 4.69) is 47.9 Å². The van der Waals surface area contributed by atoms with E-state index in [4.69, 9.17) is 0 Å². The zero-order valence-corrected chi connectivity index (χ0v) is 13.3. The fraction of sp³-hybridized carbons (Fsp3) is 0.750. The van der Waals surface area contributed by atoms with Crippen LogP contribution in [-0.4, -0.2) is 29.6 Å². The largest absolute Gasteiger partial charge is 0.356 e. The van der Waals surface area contributed by atoms with Crippen molar-refractivity contribution in [1.82, 2.24) is 9.97 Å². The molecule has 0 unspecified atom stereocenters. The van der Waals surface area contributed by atoms with Crippen LogP contribution in [0.2, 0.25) is 0 Å². The molecule has 0 aromatic carbocycles. The second-order valence-electron chi connectivity index (χ2n) is 6.79. The van der Waals surface area contributed by atoms with Crippen molar-refractivity contribution in [2.45, 2.75) is 47.0 Å². The zero-order chi connectivity index (χ0) is 14.6. The Bertz CT molecular complexity index is 417. The first-order valence-corrected chi connectivity index (χ1v) is 7.82. The van der Waals surface area contributed by atoms with Gasteiger partial charge in [-0.2, -0.15) is 4.98 Å². The molecule has 1 saturated heterocycles. The molecule has 1 N–H and O–H groups in total. The lowest BCUT2D eigenvalue weighted by Gasteiger charge is -2.39. The number of rotatable bonds is 4. The summed E-state index contributed by atoms with van der Waals surface area (Å²) < 4.78 is 0. The molecule has 0 bridgehead atoms. The molecule has 1 aliphatic heterocycles. The van der Waals surface area contributed by atoms with Gasteiger partial charge >= 0.3 is 0 Å². The van der Waals surface area contributed by atoms with Gasteiger partial charge in [-0.1, -0.05) is 27.7 Å². The van der Waals surface area contributed by atoms with Crippen molar-refractivity contribution >= 4 is 11.8 Å². The molecule has 0 aliphatic carbocycles. The van der Waals surface area contributed by atoms with Crippen LogP contribution >= 0.6 is 0 Å². The van der Waals surface area contributed by atoms with Gasteiger partial charge in [0.05, 0.1) is 0 Å². The van der Waals surface area contributed by atoms with Crippen LogP contribution in [-0.2, 0) is 0 Å². The first-order chi connectivity index (χ1) is 9.50. The third-order valence-electron chi connectivity index (χ3n) is 4.22. The van der Waals surface area contributed by atoms with Crippen LogP contribution in [0.4, 0.5) is 11.8 Å². The molecule has 1 aromatic rings. The van der Waals surface area contributed by atoms with Crippen LogP contribution < -0.4 is 10.2 Å². The minimum Gasteiger partial charge on any atom is -0.356 e. The average Bonchev–Trinajstić information content (AvgIpc) is 2.45. The average molecular weight is 276 g/mol. The molecule has 1 fully saturated rings. The monoisotopic (exact) mass is 276 g/mol. The van der Waals surface area contributed by atoms with Gasteiger partial charge in [-0.05, 0) is 36.7 Å². The van der Waals surface area contributed by atoms with Gasteiger partial charge in [-0.3, -0.25) is 0 Å². The van der Waals surface area contributed by atoms with Gasteiger partial charge in [0.1, 0.15) is 5.82 Å². The van der Waals surface area contributed by atoms with Crippen LogP contribution in [0.15, 0.2) is 12.3 Å². The first kappa shape index (κ1) is 15.1. The Morgan fingerprint density at radius 3 is 2.60 bits per heavy atom. The molecule has 0 radical (unpaired) electrons. The lowest BCUT2D eigenvalue weighted by Crippen LogP contribution is -2.38. The number of piperidine rings is 1. The third kappa shape index (κ3) is 3.84. The van der Waals surface area contributed by atoms with Crippen LogP contribution in [0.5, 0.6) is 0 Å². The SMILES string of the molecule is CCCNc1nccc(N2CCC(C(C)(C)C)CC2)n1. The normalized spacial score (nSPS) is 17.3. The summed E-state index contributed by atoms with van der Waals surface area (Å²) >= 11 is 0. The second-order valence-corrected chi connectivity index (χ2v) is 6.79. The number of hydrogen-bond donors (Lipinski definition) is 1. The lowest BCUT2D eigenvalue weighted by atomic mass is 9.75. The van der Waals surface area contributed by atoms with Crippen molar-refractivity contribution in [3.05, 3.63) is 12.3 Å². The van der Waals surface area contributed by atoms with Crippen molar-refractivity contribution in [3.63, 3.8) is 0 Å². The Balaban J connectivity index is 1.96. The number of nitrogens with one attached hydrogen (secondary N) is 1. The Labute approximate surface area is 123 Å². The molecule has 112 valence electrons. The van der Waals surface area contributed by atoms with Crippen molar-refractivity contribution < 1.29 is 0 Å². The summed E-state index contributed by atoms with van der Waals surface area (Å²) in [6, 6.07) is 2.02. The smallest absolute Gasteiger partial charge is 0.224 e. The Morgan fingerprint density at radius 2 is 2.00 bits per heavy atom. The molecule has 1 aromatic heterocycles. The minimum atomic E-state index is 0.422. The zero-order valence-electron chi connectivity index (χ0n) is 13.3. The van der Waals surface area contributed by atoms with Crippen LogP contribution in [0.1, 0.15) is 47.0 Å². The minimum absolute atomic E-state index is 0.422. The number of anilines is 2. The van der Waals surface area contributed by atoms with Gasteiger partial charge in [-0.15, -0.1) is 0 Å². The maximum absolute atomic E-state index is 4.62. The number of aromatic nitrogens is 2. The van der Waals surface area contributed by atoms with Crippen molar-refractivity contribution in [1.29, 1.82) is 0 Å². The summed E-state index contributed by atoms with van der Waals surface area (Å²) in [6.07, 6.45) is 5.46. The van der Waals surface area contributed by atoms with Gasteiger partial charge in [0.2, 0.25) is 5.95 Å². The van der Waals surface area contributed by atoms with E-state index in [1.807, 2.05) is 12.3 Å². The predicted molar refractivity (Wildman–Crippen MR) is 85.2 cm³/mol. The quantitative estimate of drug-likeness (QED) is 0.913. The van der Waals surface area contributed by atoms with E-state index in [1.54, 1.807) is 0 Å². The summed E-state index contributed by atoms with van der Waals surface area (Å²) in [5, 5.41) is 3.26. The van der Waals surface area contributed by atoms with E-state index in [9.17, 15) is 0 Å². The summed E-state index contributed by atoms with van der Waals surface area (Å²) in [6.45, 7) is 12.3. The van der Waals surface area contributed by atoms with Crippen molar-refractivity contribution in [3.8, 4) is 0 Å². The van der Waals surface area contributed by atoms with E-state index < -0.39 is 0 Å². The fourth-order valence-electron chi connectivity index (χ4n) is 2.82. The predicted octanol–water partition coefficient (Wildman–Crippen LogP) is 3.56. The highest BCUT2D eigenvalue weighted by atomic mass is 15.2. The molecule has 0 amide bonds. The van der Waals surface area contributed by atoms with Crippen LogP contribution in [0.25, 0.3) is 0 Å². The number of nitrogens with zero attached hydrogens (tertiary/aromatic N) is 3. The highest BCUT2D eigenvalue weighted by Gasteiger charge is 2.29. The summed E-state index contributed by atoms with van der Waals surface area (Å²) in [5.74, 6) is 2.63. The molecule has 0 spiro atoms.